The standard InChI is InChI=1S/C12H9FN2O/c1-8(16)15-11-5-3-2-4-9(11)10(6-7-14)12(15)13/h2-6,12H,1H3. The van der Waals surface area contributed by atoms with Gasteiger partial charge < -0.3 is 0 Å². The van der Waals surface area contributed by atoms with E-state index < -0.39 is 6.30 Å². The number of hydrogen-bond donors (Lipinski definition) is 0. The Bertz CT molecular complexity index is 516. The summed E-state index contributed by atoms with van der Waals surface area (Å²) in [7, 11) is 0. The minimum absolute atomic E-state index is 0.244. The molecule has 0 saturated heterocycles. The van der Waals surface area contributed by atoms with Crippen LogP contribution in [0.15, 0.2) is 30.3 Å². The van der Waals surface area contributed by atoms with Gasteiger partial charge in [-0.3, -0.25) is 9.69 Å². The second-order valence-corrected chi connectivity index (χ2v) is 3.47. The molecule has 80 valence electrons. The molecule has 1 aromatic rings. The summed E-state index contributed by atoms with van der Waals surface area (Å²) in [4.78, 5) is 12.4. The molecule has 1 unspecified atom stereocenters. The molecular weight excluding hydrogens is 207 g/mol. The highest BCUT2D eigenvalue weighted by Crippen LogP contribution is 2.40. The molecule has 0 saturated carbocycles. The zero-order chi connectivity index (χ0) is 11.7. The van der Waals surface area contributed by atoms with E-state index in [0.29, 0.717) is 11.3 Å². The molecule has 0 spiro atoms. The first-order chi connectivity index (χ1) is 7.66. The van der Waals surface area contributed by atoms with Crippen LogP contribution in [0.4, 0.5) is 10.1 Å². The average molecular weight is 216 g/mol. The third kappa shape index (κ3) is 1.38. The Hall–Kier alpha value is -2.15. The molecule has 0 fully saturated rings. The Kier molecular flexibility index (Phi) is 2.45. The van der Waals surface area contributed by atoms with E-state index in [4.69, 9.17) is 5.26 Å². The molecule has 1 aromatic carbocycles. The summed E-state index contributed by atoms with van der Waals surface area (Å²) in [6.07, 6.45) is -0.415. The number of hydrogen-bond acceptors (Lipinski definition) is 2. The number of amides is 1. The molecule has 0 aromatic heterocycles. The number of benzene rings is 1. The van der Waals surface area contributed by atoms with Gasteiger partial charge in [0.25, 0.3) is 0 Å². The molecule has 1 amide bonds. The van der Waals surface area contributed by atoms with E-state index >= 15 is 0 Å². The molecule has 2 rings (SSSR count). The largest absolute Gasteiger partial charge is 0.277 e. The number of rotatable bonds is 0. The van der Waals surface area contributed by atoms with Gasteiger partial charge in [-0.1, -0.05) is 18.2 Å². The topological polar surface area (TPSA) is 44.1 Å². The quantitative estimate of drug-likeness (QED) is 0.493. The normalized spacial score (nSPS) is 20.7. The fraction of sp³-hybridized carbons (Fsp3) is 0.167. The third-order valence-electron chi connectivity index (χ3n) is 2.52. The molecule has 4 heteroatoms. The molecular formula is C12H9FN2O. The lowest BCUT2D eigenvalue weighted by molar-refractivity contribution is -0.117. The lowest BCUT2D eigenvalue weighted by Crippen LogP contribution is -2.32. The zero-order valence-corrected chi connectivity index (χ0v) is 8.64. The summed E-state index contributed by atoms with van der Waals surface area (Å²) in [5.74, 6) is -0.374. The van der Waals surface area contributed by atoms with Crippen molar-refractivity contribution in [3.63, 3.8) is 0 Å². The summed E-state index contributed by atoms with van der Waals surface area (Å²) >= 11 is 0. The Labute approximate surface area is 92.4 Å². The van der Waals surface area contributed by atoms with Crippen LogP contribution in [0.25, 0.3) is 5.57 Å². The molecule has 1 atom stereocenters. The van der Waals surface area contributed by atoms with Crippen molar-refractivity contribution >= 4 is 17.2 Å². The molecule has 1 heterocycles. The highest BCUT2D eigenvalue weighted by Gasteiger charge is 2.35. The van der Waals surface area contributed by atoms with Crippen molar-refractivity contribution in [2.45, 2.75) is 13.2 Å². The van der Waals surface area contributed by atoms with Crippen LogP contribution >= 0.6 is 0 Å². The van der Waals surface area contributed by atoms with E-state index in [9.17, 15) is 9.18 Å². The maximum Gasteiger partial charge on any atom is 0.226 e. The van der Waals surface area contributed by atoms with Gasteiger partial charge in [-0.05, 0) is 6.07 Å². The van der Waals surface area contributed by atoms with Gasteiger partial charge >= 0.3 is 0 Å². The number of halogens is 1. The number of alkyl halides is 1. The van der Waals surface area contributed by atoms with Gasteiger partial charge in [-0.2, -0.15) is 5.26 Å². The van der Waals surface area contributed by atoms with Crippen LogP contribution in [0, 0.1) is 11.3 Å². The maximum atomic E-state index is 14.0. The number of carbonyl (C=O) groups excluding carboxylic acids is 1. The van der Waals surface area contributed by atoms with Crippen LogP contribution in [0.1, 0.15) is 12.5 Å². The Morgan fingerprint density at radius 1 is 1.56 bits per heavy atom. The second kappa shape index (κ2) is 3.78. The zero-order valence-electron chi connectivity index (χ0n) is 8.64. The molecule has 0 radical (unpaired) electrons. The molecule has 1 aliphatic rings. The minimum Gasteiger partial charge on any atom is -0.277 e. The molecule has 0 bridgehead atoms. The average Bonchev–Trinajstić information content (AvgIpc) is 2.53. The van der Waals surface area contributed by atoms with E-state index in [2.05, 4.69) is 0 Å². The van der Waals surface area contributed by atoms with Crippen molar-refractivity contribution in [3.05, 3.63) is 35.9 Å². The third-order valence-corrected chi connectivity index (χ3v) is 2.52. The van der Waals surface area contributed by atoms with Crippen molar-refractivity contribution in [3.8, 4) is 6.07 Å². The molecule has 0 aliphatic carbocycles. The highest BCUT2D eigenvalue weighted by molar-refractivity contribution is 6.03. The fourth-order valence-corrected chi connectivity index (χ4v) is 1.86. The van der Waals surface area contributed by atoms with Crippen molar-refractivity contribution < 1.29 is 9.18 Å². The summed E-state index contributed by atoms with van der Waals surface area (Å²) in [6.45, 7) is 1.30. The van der Waals surface area contributed by atoms with Crippen LogP contribution in [0.3, 0.4) is 0 Å². The Morgan fingerprint density at radius 2 is 2.25 bits per heavy atom. The van der Waals surface area contributed by atoms with Gasteiger partial charge in [-0.25, -0.2) is 4.39 Å². The van der Waals surface area contributed by atoms with E-state index in [-0.39, 0.29) is 11.5 Å². The SMILES string of the molecule is CC(=O)N1c2ccccc2C(=CC#N)C1F. The van der Waals surface area contributed by atoms with Crippen LogP contribution < -0.4 is 4.90 Å². The van der Waals surface area contributed by atoms with Crippen molar-refractivity contribution in [1.82, 2.24) is 0 Å². The van der Waals surface area contributed by atoms with E-state index in [1.165, 1.54) is 6.92 Å². The first-order valence-corrected chi connectivity index (χ1v) is 4.79. The number of nitrogens with zero attached hydrogens (tertiary/aromatic N) is 2. The second-order valence-electron chi connectivity index (χ2n) is 3.47. The molecule has 3 nitrogen and oxygen atoms in total. The number of allylic oxidation sites excluding steroid dienone is 1. The number of anilines is 1. The highest BCUT2D eigenvalue weighted by atomic mass is 19.1. The van der Waals surface area contributed by atoms with Crippen LogP contribution in [0.5, 0.6) is 0 Å². The lowest BCUT2D eigenvalue weighted by atomic mass is 10.1. The maximum absolute atomic E-state index is 14.0. The van der Waals surface area contributed by atoms with Crippen LogP contribution in [0.2, 0.25) is 0 Å². The van der Waals surface area contributed by atoms with Crippen LogP contribution in [-0.2, 0) is 4.79 Å². The predicted octanol–water partition coefficient (Wildman–Crippen LogP) is 2.26. The van der Waals surface area contributed by atoms with Gasteiger partial charge in [0.15, 0.2) is 0 Å². The van der Waals surface area contributed by atoms with E-state index in [1.54, 1.807) is 30.3 Å². The summed E-state index contributed by atoms with van der Waals surface area (Å²) < 4.78 is 14.0. The fourth-order valence-electron chi connectivity index (χ4n) is 1.86. The molecule has 1 aliphatic heterocycles. The van der Waals surface area contributed by atoms with Gasteiger partial charge in [0.2, 0.25) is 12.2 Å². The van der Waals surface area contributed by atoms with Gasteiger partial charge in [0, 0.05) is 24.1 Å². The molecule has 16 heavy (non-hydrogen) atoms. The number of fused-ring (bicyclic) bond motifs is 1. The number of para-hydroxylation sites is 1. The summed E-state index contributed by atoms with van der Waals surface area (Å²) in [6, 6.07) is 8.65. The first kappa shape index (κ1) is 10.4. The monoisotopic (exact) mass is 216 g/mol. The van der Waals surface area contributed by atoms with Crippen molar-refractivity contribution in [2.24, 2.45) is 0 Å². The minimum atomic E-state index is -1.56. The van der Waals surface area contributed by atoms with E-state index in [1.807, 2.05) is 0 Å². The van der Waals surface area contributed by atoms with Gasteiger partial charge in [0.05, 0.1) is 11.8 Å². The number of nitriles is 1. The van der Waals surface area contributed by atoms with Gasteiger partial charge in [-0.15, -0.1) is 0 Å². The molecule has 0 N–H and O–H groups in total. The van der Waals surface area contributed by atoms with E-state index in [0.717, 1.165) is 11.0 Å². The predicted molar refractivity (Wildman–Crippen MR) is 58.1 cm³/mol. The smallest absolute Gasteiger partial charge is 0.226 e. The summed E-state index contributed by atoms with van der Waals surface area (Å²) in [5, 5.41) is 8.60. The Morgan fingerprint density at radius 3 is 2.88 bits per heavy atom. The first-order valence-electron chi connectivity index (χ1n) is 4.79. The Balaban J connectivity index is 2.63. The summed E-state index contributed by atoms with van der Waals surface area (Å²) in [5.41, 5.74) is 1.36. The lowest BCUT2D eigenvalue weighted by Gasteiger charge is -2.17. The van der Waals surface area contributed by atoms with Crippen LogP contribution in [-0.4, -0.2) is 12.2 Å². The van der Waals surface area contributed by atoms with Crippen molar-refractivity contribution in [1.29, 1.82) is 5.26 Å². The van der Waals surface area contributed by atoms with Crippen molar-refractivity contribution in [2.75, 3.05) is 4.90 Å². The van der Waals surface area contributed by atoms with Gasteiger partial charge in [0.1, 0.15) is 0 Å². The number of carbonyl (C=O) groups is 1.